The van der Waals surface area contributed by atoms with Crippen LogP contribution in [0, 0.1) is 0 Å². The number of carbonyl (C=O) groups excluding carboxylic acids is 1. The molecule has 1 aromatic carbocycles. The second-order valence-corrected chi connectivity index (χ2v) is 8.90. The lowest BCUT2D eigenvalue weighted by Crippen LogP contribution is -2.54. The number of ether oxygens (including phenoxy) is 1. The van der Waals surface area contributed by atoms with E-state index in [4.69, 9.17) is 19.2 Å². The Morgan fingerprint density at radius 1 is 1.06 bits per heavy atom. The molecule has 1 aliphatic rings. The summed E-state index contributed by atoms with van der Waals surface area (Å²) in [5.74, 6) is -0.836. The number of nitrogens with one attached hydrogen (secondary N) is 2. The summed E-state index contributed by atoms with van der Waals surface area (Å²) in [6.45, 7) is 8.10. The molecular formula is C22H35BN2O6. The van der Waals surface area contributed by atoms with Gasteiger partial charge in [0.25, 0.3) is 0 Å². The zero-order chi connectivity index (χ0) is 23.1. The Hall–Kier alpha value is -2.10. The maximum atomic E-state index is 12.9. The minimum atomic E-state index is -1.26. The number of carbonyl (C=O) groups is 2. The van der Waals surface area contributed by atoms with E-state index >= 15 is 0 Å². The quantitative estimate of drug-likeness (QED) is 0.463. The molecule has 2 rings (SSSR count). The fraction of sp³-hybridized carbons (Fsp3) is 0.636. The van der Waals surface area contributed by atoms with Crippen molar-refractivity contribution in [1.29, 1.82) is 0 Å². The number of methoxy groups -OCH3 is 1. The smallest absolute Gasteiger partial charge is 0.465 e. The van der Waals surface area contributed by atoms with Crippen LogP contribution in [-0.4, -0.2) is 61.1 Å². The largest absolute Gasteiger partial charge is 0.481 e. The van der Waals surface area contributed by atoms with Gasteiger partial charge in [-0.15, -0.1) is 0 Å². The van der Waals surface area contributed by atoms with Crippen molar-refractivity contribution in [2.75, 3.05) is 13.7 Å². The SMILES string of the molecule is COCCC(NC(=O)O)C(=O)NC(CCCc1ccccc1)B1OC(C)(C)C(C)(C)O1. The van der Waals surface area contributed by atoms with Crippen molar-refractivity contribution in [2.45, 2.75) is 76.6 Å². The third kappa shape index (κ3) is 7.23. The first-order valence-corrected chi connectivity index (χ1v) is 10.7. The van der Waals surface area contributed by atoms with Crippen LogP contribution in [0.15, 0.2) is 30.3 Å². The first-order valence-electron chi connectivity index (χ1n) is 10.7. The summed E-state index contributed by atoms with van der Waals surface area (Å²) in [5.41, 5.74) is 0.149. The van der Waals surface area contributed by atoms with Crippen LogP contribution in [0.5, 0.6) is 0 Å². The maximum Gasteiger partial charge on any atom is 0.481 e. The predicted molar refractivity (Wildman–Crippen MR) is 119 cm³/mol. The molecule has 172 valence electrons. The molecular weight excluding hydrogens is 399 g/mol. The zero-order valence-electron chi connectivity index (χ0n) is 19.1. The molecule has 31 heavy (non-hydrogen) atoms. The Kier molecular flexibility index (Phi) is 8.91. The summed E-state index contributed by atoms with van der Waals surface area (Å²) in [6, 6.07) is 9.20. The van der Waals surface area contributed by atoms with Crippen molar-refractivity contribution < 1.29 is 28.7 Å². The maximum absolute atomic E-state index is 12.9. The molecule has 1 fully saturated rings. The van der Waals surface area contributed by atoms with Crippen LogP contribution in [0.1, 0.15) is 52.5 Å². The molecule has 0 aromatic heterocycles. The average molecular weight is 434 g/mol. The molecule has 1 heterocycles. The van der Waals surface area contributed by atoms with Crippen LogP contribution in [0.25, 0.3) is 0 Å². The van der Waals surface area contributed by atoms with E-state index in [9.17, 15) is 9.59 Å². The number of aryl methyl sites for hydroxylation is 1. The summed E-state index contributed by atoms with van der Waals surface area (Å²) in [5, 5.41) is 14.3. The molecule has 1 saturated heterocycles. The molecule has 1 aliphatic heterocycles. The van der Waals surface area contributed by atoms with Crippen molar-refractivity contribution in [2.24, 2.45) is 0 Å². The van der Waals surface area contributed by atoms with Crippen molar-refractivity contribution in [3.63, 3.8) is 0 Å². The summed E-state index contributed by atoms with van der Waals surface area (Å²) in [4.78, 5) is 24.0. The normalized spacial score (nSPS) is 18.9. The van der Waals surface area contributed by atoms with Gasteiger partial charge in [-0.3, -0.25) is 4.79 Å². The van der Waals surface area contributed by atoms with Gasteiger partial charge in [-0.1, -0.05) is 30.3 Å². The van der Waals surface area contributed by atoms with Crippen LogP contribution in [0.3, 0.4) is 0 Å². The summed E-state index contributed by atoms with van der Waals surface area (Å²) in [7, 11) is 0.879. The lowest BCUT2D eigenvalue weighted by atomic mass is 9.75. The second-order valence-electron chi connectivity index (χ2n) is 8.90. The van der Waals surface area contributed by atoms with Crippen LogP contribution in [-0.2, 0) is 25.3 Å². The van der Waals surface area contributed by atoms with Gasteiger partial charge in [0, 0.05) is 20.1 Å². The van der Waals surface area contributed by atoms with Crippen LogP contribution >= 0.6 is 0 Å². The highest BCUT2D eigenvalue weighted by atomic mass is 16.7. The second kappa shape index (κ2) is 11.0. The Bertz CT molecular complexity index is 712. The predicted octanol–water partition coefficient (Wildman–Crippen LogP) is 2.80. The molecule has 0 aliphatic carbocycles. The fourth-order valence-corrected chi connectivity index (χ4v) is 3.44. The van der Waals surface area contributed by atoms with Gasteiger partial charge < -0.3 is 29.8 Å². The van der Waals surface area contributed by atoms with Gasteiger partial charge in [0.15, 0.2) is 0 Å². The van der Waals surface area contributed by atoms with E-state index in [1.54, 1.807) is 0 Å². The van der Waals surface area contributed by atoms with Crippen molar-refractivity contribution in [3.8, 4) is 0 Å². The Morgan fingerprint density at radius 3 is 2.23 bits per heavy atom. The monoisotopic (exact) mass is 434 g/mol. The van der Waals surface area contributed by atoms with E-state index < -0.39 is 42.3 Å². The summed E-state index contributed by atoms with van der Waals surface area (Å²) in [6.07, 6.45) is 1.27. The number of hydrogen-bond acceptors (Lipinski definition) is 5. The fourth-order valence-electron chi connectivity index (χ4n) is 3.44. The number of hydrogen-bond donors (Lipinski definition) is 3. The Morgan fingerprint density at radius 2 is 1.68 bits per heavy atom. The highest BCUT2D eigenvalue weighted by Crippen LogP contribution is 2.38. The van der Waals surface area contributed by atoms with Crippen molar-refractivity contribution in [1.82, 2.24) is 10.6 Å². The summed E-state index contributed by atoms with van der Waals surface area (Å²) < 4.78 is 17.4. The minimum Gasteiger partial charge on any atom is -0.465 e. The van der Waals surface area contributed by atoms with Crippen LogP contribution in [0.2, 0.25) is 0 Å². The Balaban J connectivity index is 2.10. The number of benzene rings is 1. The van der Waals surface area contributed by atoms with Gasteiger partial charge in [-0.25, -0.2) is 4.79 Å². The highest BCUT2D eigenvalue weighted by molar-refractivity contribution is 6.48. The molecule has 0 radical (unpaired) electrons. The highest BCUT2D eigenvalue weighted by Gasteiger charge is 2.54. The van der Waals surface area contributed by atoms with Gasteiger partial charge in [0.05, 0.1) is 17.1 Å². The van der Waals surface area contributed by atoms with Gasteiger partial charge in [0.1, 0.15) is 6.04 Å². The van der Waals surface area contributed by atoms with Gasteiger partial charge in [-0.2, -0.15) is 0 Å². The minimum absolute atomic E-state index is 0.231. The molecule has 1 aromatic rings. The molecule has 0 bridgehead atoms. The van der Waals surface area contributed by atoms with E-state index in [1.807, 2.05) is 45.9 Å². The van der Waals surface area contributed by atoms with Crippen LogP contribution in [0.4, 0.5) is 4.79 Å². The third-order valence-electron chi connectivity index (χ3n) is 5.98. The van der Waals surface area contributed by atoms with Gasteiger partial charge in [0.2, 0.25) is 5.91 Å². The number of rotatable bonds is 11. The topological polar surface area (TPSA) is 106 Å². The molecule has 9 heteroatoms. The first-order chi connectivity index (χ1) is 14.6. The molecule has 0 saturated carbocycles. The van der Waals surface area contributed by atoms with Gasteiger partial charge >= 0.3 is 13.2 Å². The standard InChI is InChI=1S/C22H35BN2O6/c1-21(2)22(3,4)31-23(30-21)18(13-9-12-16-10-7-6-8-11-16)25-19(26)17(14-15-29-5)24-20(27)28/h6-8,10-11,17-18,24H,9,12-15H2,1-5H3,(H,25,26)(H,27,28). The third-order valence-corrected chi connectivity index (χ3v) is 5.98. The average Bonchev–Trinajstić information content (AvgIpc) is 2.92. The molecule has 2 amide bonds. The molecule has 8 nitrogen and oxygen atoms in total. The lowest BCUT2D eigenvalue weighted by molar-refractivity contribution is -0.124. The lowest BCUT2D eigenvalue weighted by Gasteiger charge is -2.32. The molecule has 0 spiro atoms. The van der Waals surface area contributed by atoms with E-state index in [2.05, 4.69) is 22.8 Å². The van der Waals surface area contributed by atoms with E-state index in [0.29, 0.717) is 6.42 Å². The molecule has 2 atom stereocenters. The molecule has 2 unspecified atom stereocenters. The van der Waals surface area contributed by atoms with Crippen molar-refractivity contribution in [3.05, 3.63) is 35.9 Å². The van der Waals surface area contributed by atoms with E-state index in [0.717, 1.165) is 12.8 Å². The Labute approximate surface area is 185 Å². The van der Waals surface area contributed by atoms with Crippen molar-refractivity contribution >= 4 is 19.1 Å². The first kappa shape index (κ1) is 25.2. The van der Waals surface area contributed by atoms with E-state index in [1.165, 1.54) is 12.7 Å². The number of carboxylic acid groups (broad SMARTS) is 1. The summed E-state index contributed by atoms with van der Waals surface area (Å²) >= 11 is 0. The number of amides is 2. The molecule has 3 N–H and O–H groups in total. The zero-order valence-corrected chi connectivity index (χ0v) is 19.1. The van der Waals surface area contributed by atoms with Gasteiger partial charge in [-0.05, 0) is 52.5 Å². The van der Waals surface area contributed by atoms with Crippen LogP contribution < -0.4 is 10.6 Å². The van der Waals surface area contributed by atoms with E-state index in [-0.39, 0.29) is 13.0 Å².